The lowest BCUT2D eigenvalue weighted by Crippen LogP contribution is -2.18. The normalized spacial score (nSPS) is 10.3. The van der Waals surface area contributed by atoms with Crippen molar-refractivity contribution in [1.82, 2.24) is 9.97 Å². The molecule has 1 heterocycles. The van der Waals surface area contributed by atoms with E-state index in [1.165, 1.54) is 11.1 Å². The summed E-state index contributed by atoms with van der Waals surface area (Å²) in [6.45, 7) is 2.93. The SMILES string of the molecule is CNc1cc(N(C)Cc2cc(Br)ccc2C)ncn1. The third kappa shape index (κ3) is 3.44. The Morgan fingerprint density at radius 2 is 2.05 bits per heavy atom. The van der Waals surface area contributed by atoms with E-state index in [0.717, 1.165) is 22.7 Å². The van der Waals surface area contributed by atoms with Gasteiger partial charge in [0.15, 0.2) is 0 Å². The first kappa shape index (κ1) is 13.8. The zero-order valence-electron chi connectivity index (χ0n) is 11.3. The Morgan fingerprint density at radius 3 is 2.79 bits per heavy atom. The molecule has 1 aromatic heterocycles. The van der Waals surface area contributed by atoms with Crippen molar-refractivity contribution in [2.24, 2.45) is 0 Å². The highest BCUT2D eigenvalue weighted by atomic mass is 79.9. The summed E-state index contributed by atoms with van der Waals surface area (Å²) < 4.78 is 1.10. The fourth-order valence-electron chi connectivity index (χ4n) is 1.84. The summed E-state index contributed by atoms with van der Waals surface area (Å²) in [5, 5.41) is 3.02. The summed E-state index contributed by atoms with van der Waals surface area (Å²) in [4.78, 5) is 10.5. The number of aromatic nitrogens is 2. The topological polar surface area (TPSA) is 41.0 Å². The van der Waals surface area contributed by atoms with Crippen LogP contribution in [0, 0.1) is 6.92 Å². The van der Waals surface area contributed by atoms with Crippen LogP contribution in [0.3, 0.4) is 0 Å². The van der Waals surface area contributed by atoms with E-state index in [2.05, 4.69) is 61.2 Å². The van der Waals surface area contributed by atoms with Crippen molar-refractivity contribution in [3.8, 4) is 0 Å². The van der Waals surface area contributed by atoms with E-state index in [1.54, 1.807) is 6.33 Å². The smallest absolute Gasteiger partial charge is 0.134 e. The number of anilines is 2. The molecule has 0 fully saturated rings. The van der Waals surface area contributed by atoms with Gasteiger partial charge in [-0.15, -0.1) is 0 Å². The fourth-order valence-corrected chi connectivity index (χ4v) is 2.25. The van der Waals surface area contributed by atoms with Gasteiger partial charge >= 0.3 is 0 Å². The molecule has 4 nitrogen and oxygen atoms in total. The predicted molar refractivity (Wildman–Crippen MR) is 82.6 cm³/mol. The van der Waals surface area contributed by atoms with Gasteiger partial charge in [0, 0.05) is 31.2 Å². The van der Waals surface area contributed by atoms with Crippen molar-refractivity contribution in [2.75, 3.05) is 24.3 Å². The van der Waals surface area contributed by atoms with E-state index in [4.69, 9.17) is 0 Å². The molecule has 0 bridgehead atoms. The largest absolute Gasteiger partial charge is 0.373 e. The molecule has 0 amide bonds. The van der Waals surface area contributed by atoms with Crippen LogP contribution in [0.5, 0.6) is 0 Å². The van der Waals surface area contributed by atoms with Gasteiger partial charge in [-0.05, 0) is 30.2 Å². The molecule has 1 aromatic carbocycles. The molecule has 100 valence electrons. The molecule has 2 aromatic rings. The number of benzene rings is 1. The summed E-state index contributed by atoms with van der Waals surface area (Å²) >= 11 is 3.51. The summed E-state index contributed by atoms with van der Waals surface area (Å²) in [6.07, 6.45) is 1.57. The van der Waals surface area contributed by atoms with E-state index >= 15 is 0 Å². The summed E-state index contributed by atoms with van der Waals surface area (Å²) in [5.74, 6) is 1.72. The highest BCUT2D eigenvalue weighted by Crippen LogP contribution is 2.20. The average molecular weight is 321 g/mol. The Morgan fingerprint density at radius 1 is 1.26 bits per heavy atom. The third-order valence-electron chi connectivity index (χ3n) is 3.02. The molecule has 1 N–H and O–H groups in total. The Kier molecular flexibility index (Phi) is 4.37. The number of hydrogen-bond donors (Lipinski definition) is 1. The second-order valence-electron chi connectivity index (χ2n) is 4.44. The molecule has 0 spiro atoms. The van der Waals surface area contributed by atoms with Gasteiger partial charge in [-0.3, -0.25) is 0 Å². The minimum Gasteiger partial charge on any atom is -0.373 e. The fraction of sp³-hybridized carbons (Fsp3) is 0.286. The van der Waals surface area contributed by atoms with Gasteiger partial charge in [0.05, 0.1) is 0 Å². The van der Waals surface area contributed by atoms with Crippen LogP contribution in [0.2, 0.25) is 0 Å². The zero-order chi connectivity index (χ0) is 13.8. The van der Waals surface area contributed by atoms with Gasteiger partial charge in [-0.25, -0.2) is 9.97 Å². The Bertz CT molecular complexity index is 571. The molecule has 19 heavy (non-hydrogen) atoms. The first-order valence-corrected chi connectivity index (χ1v) is 6.85. The standard InChI is InChI=1S/C14H17BrN4/c1-10-4-5-12(15)6-11(10)8-19(3)14-7-13(16-2)17-9-18-14/h4-7,9H,8H2,1-3H3,(H,16,17,18). The Hall–Kier alpha value is -1.62. The van der Waals surface area contributed by atoms with Crippen molar-refractivity contribution in [2.45, 2.75) is 13.5 Å². The molecule has 0 atom stereocenters. The molecule has 0 saturated heterocycles. The van der Waals surface area contributed by atoms with Crippen LogP contribution >= 0.6 is 15.9 Å². The van der Waals surface area contributed by atoms with E-state index < -0.39 is 0 Å². The molecular formula is C14H17BrN4. The van der Waals surface area contributed by atoms with Gasteiger partial charge in [0.2, 0.25) is 0 Å². The van der Waals surface area contributed by atoms with E-state index in [9.17, 15) is 0 Å². The van der Waals surface area contributed by atoms with Crippen molar-refractivity contribution in [3.05, 3.63) is 46.2 Å². The number of aryl methyl sites for hydroxylation is 1. The maximum Gasteiger partial charge on any atom is 0.134 e. The number of halogens is 1. The van der Waals surface area contributed by atoms with E-state index in [-0.39, 0.29) is 0 Å². The van der Waals surface area contributed by atoms with Crippen LogP contribution < -0.4 is 10.2 Å². The van der Waals surface area contributed by atoms with E-state index in [1.807, 2.05) is 20.2 Å². The Balaban J connectivity index is 2.20. The van der Waals surface area contributed by atoms with Crippen LogP contribution in [-0.2, 0) is 6.54 Å². The third-order valence-corrected chi connectivity index (χ3v) is 3.51. The molecular weight excluding hydrogens is 304 g/mol. The Labute approximate surface area is 122 Å². The monoisotopic (exact) mass is 320 g/mol. The van der Waals surface area contributed by atoms with Crippen molar-refractivity contribution in [1.29, 1.82) is 0 Å². The zero-order valence-corrected chi connectivity index (χ0v) is 12.9. The molecule has 5 heteroatoms. The van der Waals surface area contributed by atoms with Crippen molar-refractivity contribution < 1.29 is 0 Å². The lowest BCUT2D eigenvalue weighted by atomic mass is 10.1. The molecule has 0 aliphatic rings. The first-order valence-electron chi connectivity index (χ1n) is 6.06. The lowest BCUT2D eigenvalue weighted by molar-refractivity contribution is 0.884. The van der Waals surface area contributed by atoms with Crippen LogP contribution in [0.1, 0.15) is 11.1 Å². The maximum atomic E-state index is 4.30. The van der Waals surface area contributed by atoms with Crippen LogP contribution in [0.4, 0.5) is 11.6 Å². The first-order chi connectivity index (χ1) is 9.10. The predicted octanol–water partition coefficient (Wildman–Crippen LogP) is 3.23. The molecule has 0 aliphatic heterocycles. The molecule has 0 saturated carbocycles. The molecule has 2 rings (SSSR count). The molecule has 0 radical (unpaired) electrons. The number of nitrogens with zero attached hydrogens (tertiary/aromatic N) is 3. The van der Waals surface area contributed by atoms with Crippen LogP contribution in [0.25, 0.3) is 0 Å². The quantitative estimate of drug-likeness (QED) is 0.939. The van der Waals surface area contributed by atoms with Gasteiger partial charge in [-0.2, -0.15) is 0 Å². The molecule has 0 aliphatic carbocycles. The van der Waals surface area contributed by atoms with Crippen LogP contribution in [-0.4, -0.2) is 24.1 Å². The second-order valence-corrected chi connectivity index (χ2v) is 5.35. The number of hydrogen-bond acceptors (Lipinski definition) is 4. The average Bonchev–Trinajstić information content (AvgIpc) is 2.43. The second kappa shape index (κ2) is 6.02. The minimum atomic E-state index is 0.811. The maximum absolute atomic E-state index is 4.30. The van der Waals surface area contributed by atoms with Crippen molar-refractivity contribution in [3.63, 3.8) is 0 Å². The summed E-state index contributed by atoms with van der Waals surface area (Å²) in [6, 6.07) is 8.26. The number of rotatable bonds is 4. The van der Waals surface area contributed by atoms with Gasteiger partial charge in [0.1, 0.15) is 18.0 Å². The van der Waals surface area contributed by atoms with Gasteiger partial charge < -0.3 is 10.2 Å². The lowest BCUT2D eigenvalue weighted by Gasteiger charge is -2.20. The highest BCUT2D eigenvalue weighted by Gasteiger charge is 2.07. The number of nitrogens with one attached hydrogen (secondary N) is 1. The van der Waals surface area contributed by atoms with Crippen LogP contribution in [0.15, 0.2) is 35.1 Å². The highest BCUT2D eigenvalue weighted by molar-refractivity contribution is 9.10. The minimum absolute atomic E-state index is 0.811. The molecule has 0 unspecified atom stereocenters. The van der Waals surface area contributed by atoms with E-state index in [0.29, 0.717) is 0 Å². The van der Waals surface area contributed by atoms with Gasteiger partial charge in [-0.1, -0.05) is 22.0 Å². The van der Waals surface area contributed by atoms with Gasteiger partial charge in [0.25, 0.3) is 0 Å². The summed E-state index contributed by atoms with van der Waals surface area (Å²) in [5.41, 5.74) is 2.56. The van der Waals surface area contributed by atoms with Crippen molar-refractivity contribution >= 4 is 27.6 Å². The summed E-state index contributed by atoms with van der Waals surface area (Å²) in [7, 11) is 3.88.